The Morgan fingerprint density at radius 2 is 1.71 bits per heavy atom. The topological polar surface area (TPSA) is 92.1 Å². The number of nitrogens with one attached hydrogen (secondary N) is 1. The Morgan fingerprint density at radius 3 is 2.43 bits per heavy atom. The van der Waals surface area contributed by atoms with E-state index in [-0.39, 0.29) is 5.57 Å². The van der Waals surface area contributed by atoms with Gasteiger partial charge in [-0.1, -0.05) is 11.6 Å². The van der Waals surface area contributed by atoms with Gasteiger partial charge in [0.25, 0.3) is 11.8 Å². The quantitative estimate of drug-likeness (QED) is 0.627. The summed E-state index contributed by atoms with van der Waals surface area (Å²) in [5, 5.41) is 2.64. The Hall–Kier alpha value is -3.10. The second-order valence-electron chi connectivity index (χ2n) is 6.21. The van der Waals surface area contributed by atoms with Gasteiger partial charge in [-0.25, -0.2) is 9.69 Å². The first-order chi connectivity index (χ1) is 13.5. The van der Waals surface area contributed by atoms with Crippen molar-refractivity contribution in [1.29, 1.82) is 0 Å². The largest absolute Gasteiger partial charge is 0.441 e. The molecule has 2 aliphatic rings. The van der Waals surface area contributed by atoms with Gasteiger partial charge in [-0.3, -0.25) is 14.9 Å². The van der Waals surface area contributed by atoms with Crippen molar-refractivity contribution in [3.8, 4) is 0 Å². The molecule has 0 aliphatic carbocycles. The van der Waals surface area contributed by atoms with Crippen LogP contribution in [0.25, 0.3) is 6.08 Å². The summed E-state index contributed by atoms with van der Waals surface area (Å²) in [6, 6.07) is 8.78. The minimum atomic E-state index is -0.817. The van der Waals surface area contributed by atoms with E-state index >= 15 is 0 Å². The minimum absolute atomic E-state index is 0.197. The maximum Gasteiger partial charge on any atom is 0.335 e. The summed E-state index contributed by atoms with van der Waals surface area (Å²) in [6.45, 7) is 2.61. The SMILES string of the molecule is O=C1NC(=O)N(c2ccc(Cl)cc2)C(=O)/C1=C/c1ccc(N2CCOCC2)o1. The lowest BCUT2D eigenvalue weighted by atomic mass is 10.1. The summed E-state index contributed by atoms with van der Waals surface area (Å²) in [5.74, 6) is -0.542. The Kier molecular flexibility index (Phi) is 4.89. The highest BCUT2D eigenvalue weighted by Gasteiger charge is 2.37. The molecule has 0 saturated carbocycles. The van der Waals surface area contributed by atoms with Gasteiger partial charge in [-0.05, 0) is 36.4 Å². The highest BCUT2D eigenvalue weighted by molar-refractivity contribution is 6.39. The molecule has 8 nitrogen and oxygen atoms in total. The molecule has 9 heteroatoms. The molecule has 28 heavy (non-hydrogen) atoms. The van der Waals surface area contributed by atoms with Crippen molar-refractivity contribution in [2.24, 2.45) is 0 Å². The molecule has 0 bridgehead atoms. The highest BCUT2D eigenvalue weighted by atomic mass is 35.5. The van der Waals surface area contributed by atoms with Crippen LogP contribution in [-0.4, -0.2) is 44.1 Å². The van der Waals surface area contributed by atoms with E-state index in [0.29, 0.717) is 48.7 Å². The first-order valence-corrected chi connectivity index (χ1v) is 9.00. The van der Waals surface area contributed by atoms with Crippen LogP contribution in [0.2, 0.25) is 5.02 Å². The molecule has 2 aromatic rings. The third-order valence-electron chi connectivity index (χ3n) is 4.41. The Morgan fingerprint density at radius 1 is 1.00 bits per heavy atom. The Balaban J connectivity index is 1.61. The Labute approximate surface area is 165 Å². The van der Waals surface area contributed by atoms with Gasteiger partial charge >= 0.3 is 6.03 Å². The van der Waals surface area contributed by atoms with Gasteiger partial charge in [0.15, 0.2) is 5.88 Å². The molecule has 1 N–H and O–H groups in total. The van der Waals surface area contributed by atoms with Crippen molar-refractivity contribution in [3.63, 3.8) is 0 Å². The summed E-state index contributed by atoms with van der Waals surface area (Å²) in [7, 11) is 0. The fraction of sp³-hybridized carbons (Fsp3) is 0.211. The summed E-state index contributed by atoms with van der Waals surface area (Å²) in [6.07, 6.45) is 1.33. The number of morpholine rings is 1. The molecule has 2 aliphatic heterocycles. The molecule has 2 saturated heterocycles. The maximum absolute atomic E-state index is 12.8. The van der Waals surface area contributed by atoms with Gasteiger partial charge in [-0.2, -0.15) is 0 Å². The van der Waals surface area contributed by atoms with Crippen molar-refractivity contribution in [1.82, 2.24) is 5.32 Å². The average molecular weight is 402 g/mol. The smallest absolute Gasteiger partial charge is 0.335 e. The molecule has 4 amide bonds. The number of hydrogen-bond acceptors (Lipinski definition) is 6. The third kappa shape index (κ3) is 3.51. The van der Waals surface area contributed by atoms with Crippen molar-refractivity contribution >= 4 is 47.1 Å². The zero-order valence-electron chi connectivity index (χ0n) is 14.7. The second-order valence-corrected chi connectivity index (χ2v) is 6.65. The fourth-order valence-corrected chi connectivity index (χ4v) is 3.12. The molecular formula is C19H16ClN3O5. The maximum atomic E-state index is 12.8. The molecule has 0 spiro atoms. The zero-order chi connectivity index (χ0) is 19.7. The number of benzene rings is 1. The van der Waals surface area contributed by atoms with E-state index in [9.17, 15) is 14.4 Å². The summed E-state index contributed by atoms with van der Waals surface area (Å²) in [4.78, 5) is 40.1. The van der Waals surface area contributed by atoms with Gasteiger partial charge in [0.05, 0.1) is 18.9 Å². The lowest BCUT2D eigenvalue weighted by Gasteiger charge is -2.26. The van der Waals surface area contributed by atoms with Gasteiger partial charge in [-0.15, -0.1) is 0 Å². The normalized spacial score (nSPS) is 19.3. The lowest BCUT2D eigenvalue weighted by Crippen LogP contribution is -2.54. The number of hydrogen-bond donors (Lipinski definition) is 1. The molecule has 0 radical (unpaired) electrons. The van der Waals surface area contributed by atoms with Crippen LogP contribution in [0.3, 0.4) is 0 Å². The number of urea groups is 1. The first kappa shape index (κ1) is 18.3. The van der Waals surface area contributed by atoms with E-state index in [1.54, 1.807) is 24.3 Å². The molecule has 1 aromatic heterocycles. The number of ether oxygens (including phenoxy) is 1. The van der Waals surface area contributed by atoms with Crippen LogP contribution in [0.15, 0.2) is 46.4 Å². The number of imide groups is 2. The molecule has 0 unspecified atom stereocenters. The predicted octanol–water partition coefficient (Wildman–Crippen LogP) is 2.44. The van der Waals surface area contributed by atoms with Crippen LogP contribution in [0.5, 0.6) is 0 Å². The molecule has 4 rings (SSSR count). The summed E-state index contributed by atoms with van der Waals surface area (Å²) >= 11 is 5.86. The summed E-state index contributed by atoms with van der Waals surface area (Å²) in [5.41, 5.74) is 0.108. The van der Waals surface area contributed by atoms with Gasteiger partial charge in [0.1, 0.15) is 11.3 Å². The van der Waals surface area contributed by atoms with E-state index in [1.165, 1.54) is 18.2 Å². The van der Waals surface area contributed by atoms with E-state index in [1.807, 2.05) is 4.90 Å². The van der Waals surface area contributed by atoms with E-state index in [0.717, 1.165) is 4.90 Å². The molecule has 144 valence electrons. The van der Waals surface area contributed by atoms with Crippen molar-refractivity contribution < 1.29 is 23.5 Å². The first-order valence-electron chi connectivity index (χ1n) is 8.62. The van der Waals surface area contributed by atoms with Crippen LogP contribution in [0.1, 0.15) is 5.76 Å². The zero-order valence-corrected chi connectivity index (χ0v) is 15.4. The van der Waals surface area contributed by atoms with Crippen molar-refractivity contribution in [3.05, 3.63) is 52.8 Å². The van der Waals surface area contributed by atoms with Crippen LogP contribution in [0.4, 0.5) is 16.4 Å². The lowest BCUT2D eigenvalue weighted by molar-refractivity contribution is -0.122. The van der Waals surface area contributed by atoms with E-state index in [2.05, 4.69) is 5.32 Å². The number of amides is 4. The van der Waals surface area contributed by atoms with E-state index < -0.39 is 17.8 Å². The summed E-state index contributed by atoms with van der Waals surface area (Å²) < 4.78 is 11.1. The molecular weight excluding hydrogens is 386 g/mol. The number of carbonyl (C=O) groups is 3. The van der Waals surface area contributed by atoms with E-state index in [4.69, 9.17) is 20.8 Å². The molecule has 0 atom stereocenters. The van der Waals surface area contributed by atoms with Crippen LogP contribution in [0, 0.1) is 0 Å². The standard InChI is InChI=1S/C19H16ClN3O5/c20-12-1-3-13(4-2-12)23-18(25)15(17(24)21-19(23)26)11-14-5-6-16(28-14)22-7-9-27-10-8-22/h1-6,11H,7-10H2,(H,21,24,26)/b15-11+. The second kappa shape index (κ2) is 7.49. The number of anilines is 2. The molecule has 2 fully saturated rings. The van der Waals surface area contributed by atoms with Crippen molar-refractivity contribution in [2.75, 3.05) is 36.1 Å². The number of carbonyl (C=O) groups excluding carboxylic acids is 3. The number of rotatable bonds is 3. The average Bonchev–Trinajstić information content (AvgIpc) is 3.16. The van der Waals surface area contributed by atoms with Crippen LogP contribution < -0.4 is 15.1 Å². The predicted molar refractivity (Wildman–Crippen MR) is 102 cm³/mol. The fourth-order valence-electron chi connectivity index (χ4n) is 3.00. The number of halogens is 1. The molecule has 3 heterocycles. The Bertz CT molecular complexity index is 960. The van der Waals surface area contributed by atoms with Gasteiger partial charge < -0.3 is 14.1 Å². The molecule has 1 aromatic carbocycles. The third-order valence-corrected chi connectivity index (χ3v) is 4.66. The minimum Gasteiger partial charge on any atom is -0.441 e. The van der Waals surface area contributed by atoms with Crippen LogP contribution in [-0.2, 0) is 14.3 Å². The van der Waals surface area contributed by atoms with Crippen molar-refractivity contribution in [2.45, 2.75) is 0 Å². The van der Waals surface area contributed by atoms with Gasteiger partial charge in [0, 0.05) is 24.2 Å². The van der Waals surface area contributed by atoms with Gasteiger partial charge in [0.2, 0.25) is 0 Å². The number of furan rings is 1. The highest BCUT2D eigenvalue weighted by Crippen LogP contribution is 2.25. The monoisotopic (exact) mass is 401 g/mol. The number of nitrogens with zero attached hydrogens (tertiary/aromatic N) is 2. The van der Waals surface area contributed by atoms with Crippen LogP contribution >= 0.6 is 11.6 Å². The number of barbiturate groups is 1.